The third-order valence-corrected chi connectivity index (χ3v) is 6.06. The number of benzene rings is 2. The lowest BCUT2D eigenvalue weighted by atomic mass is 10.1. The van der Waals surface area contributed by atoms with E-state index in [1.54, 1.807) is 17.0 Å². The predicted octanol–water partition coefficient (Wildman–Crippen LogP) is 3.93. The van der Waals surface area contributed by atoms with Gasteiger partial charge in [-0.2, -0.15) is 0 Å². The Morgan fingerprint density at radius 1 is 1.25 bits per heavy atom. The molecule has 2 amide bonds. The molecule has 9 nitrogen and oxygen atoms in total. The van der Waals surface area contributed by atoms with Crippen LogP contribution < -0.4 is 10.2 Å². The third-order valence-electron chi connectivity index (χ3n) is 5.06. The molecule has 162 valence electrons. The first-order chi connectivity index (χ1) is 15.4. The zero-order valence-electron chi connectivity index (χ0n) is 17.1. The highest BCUT2D eigenvalue weighted by molar-refractivity contribution is 7.15. The summed E-state index contributed by atoms with van der Waals surface area (Å²) in [7, 11) is 0. The Labute approximate surface area is 187 Å². The van der Waals surface area contributed by atoms with E-state index in [4.69, 9.17) is 0 Å². The van der Waals surface area contributed by atoms with Crippen LogP contribution >= 0.6 is 11.3 Å². The smallest absolute Gasteiger partial charge is 0.270 e. The van der Waals surface area contributed by atoms with Crippen molar-refractivity contribution in [2.45, 2.75) is 19.3 Å². The topological polar surface area (TPSA) is 118 Å². The van der Waals surface area contributed by atoms with Crippen LogP contribution in [-0.4, -0.2) is 33.5 Å². The summed E-state index contributed by atoms with van der Waals surface area (Å²) in [6.45, 7) is 2.48. The second-order valence-corrected chi connectivity index (χ2v) is 8.32. The minimum atomic E-state index is -0.492. The zero-order valence-corrected chi connectivity index (χ0v) is 17.9. The molecule has 1 unspecified atom stereocenters. The van der Waals surface area contributed by atoms with Crippen LogP contribution in [-0.2, 0) is 9.59 Å². The maximum atomic E-state index is 12.5. The summed E-state index contributed by atoms with van der Waals surface area (Å²) in [6.07, 6.45) is 3.10. The highest BCUT2D eigenvalue weighted by atomic mass is 32.1. The molecule has 1 aliphatic rings. The minimum Gasteiger partial charge on any atom is -0.311 e. The highest BCUT2D eigenvalue weighted by Crippen LogP contribution is 2.35. The SMILES string of the molecule is Cc1ccccc1N1CC(c2nnc(NC(=O)/C=C/c3cccc([N+](=O)[O-])c3)s2)CC1=O. The summed E-state index contributed by atoms with van der Waals surface area (Å²) in [5.74, 6) is -0.487. The number of nitrogens with zero attached hydrogens (tertiary/aromatic N) is 4. The number of amides is 2. The maximum absolute atomic E-state index is 12.5. The van der Waals surface area contributed by atoms with Gasteiger partial charge in [0, 0.05) is 42.8 Å². The Morgan fingerprint density at radius 2 is 2.06 bits per heavy atom. The van der Waals surface area contributed by atoms with E-state index in [2.05, 4.69) is 15.5 Å². The molecule has 0 bridgehead atoms. The van der Waals surface area contributed by atoms with E-state index in [9.17, 15) is 19.7 Å². The fourth-order valence-corrected chi connectivity index (χ4v) is 4.32. The first kappa shape index (κ1) is 21.3. The molecule has 0 saturated carbocycles. The summed E-state index contributed by atoms with van der Waals surface area (Å²) in [5.41, 5.74) is 2.41. The van der Waals surface area contributed by atoms with E-state index in [1.807, 2.05) is 31.2 Å². The monoisotopic (exact) mass is 449 g/mol. The number of rotatable bonds is 6. The first-order valence-electron chi connectivity index (χ1n) is 9.83. The van der Waals surface area contributed by atoms with Gasteiger partial charge in [-0.3, -0.25) is 25.0 Å². The molecular weight excluding hydrogens is 430 g/mol. The number of hydrogen-bond donors (Lipinski definition) is 1. The molecule has 1 saturated heterocycles. The molecule has 4 rings (SSSR count). The van der Waals surface area contributed by atoms with Crippen molar-refractivity contribution in [3.05, 3.63) is 80.9 Å². The van der Waals surface area contributed by atoms with Gasteiger partial charge in [-0.25, -0.2) is 0 Å². The number of nitrogens with one attached hydrogen (secondary N) is 1. The lowest BCUT2D eigenvalue weighted by molar-refractivity contribution is -0.384. The van der Waals surface area contributed by atoms with Gasteiger partial charge in [0.1, 0.15) is 5.01 Å². The summed E-state index contributed by atoms with van der Waals surface area (Å²) in [5, 5.41) is 22.7. The average molecular weight is 449 g/mol. The van der Waals surface area contributed by atoms with Crippen molar-refractivity contribution < 1.29 is 14.5 Å². The number of aromatic nitrogens is 2. The quantitative estimate of drug-likeness (QED) is 0.346. The standard InChI is InChI=1S/C22H19N5O4S/c1-14-5-2-3-8-18(14)26-13-16(12-20(26)29)21-24-25-22(32-21)23-19(28)10-9-15-6-4-7-17(11-15)27(30)31/h2-11,16H,12-13H2,1H3,(H,23,25,28)/b10-9+. The Morgan fingerprint density at radius 3 is 2.84 bits per heavy atom. The van der Waals surface area contributed by atoms with E-state index in [0.717, 1.165) is 11.3 Å². The average Bonchev–Trinajstić information content (AvgIpc) is 3.39. The van der Waals surface area contributed by atoms with Crippen LogP contribution in [0.1, 0.15) is 28.5 Å². The Kier molecular flexibility index (Phi) is 6.04. The number of non-ortho nitro benzene ring substituents is 1. The molecule has 0 radical (unpaired) electrons. The summed E-state index contributed by atoms with van der Waals surface area (Å²) in [6, 6.07) is 13.7. The third kappa shape index (κ3) is 4.70. The summed E-state index contributed by atoms with van der Waals surface area (Å²) in [4.78, 5) is 36.9. The van der Waals surface area contributed by atoms with Gasteiger partial charge >= 0.3 is 0 Å². The van der Waals surface area contributed by atoms with Gasteiger partial charge in [-0.1, -0.05) is 41.7 Å². The van der Waals surface area contributed by atoms with E-state index in [1.165, 1.54) is 35.6 Å². The van der Waals surface area contributed by atoms with Crippen LogP contribution in [0.15, 0.2) is 54.6 Å². The number of para-hydroxylation sites is 1. The van der Waals surface area contributed by atoms with Crippen molar-refractivity contribution in [3.63, 3.8) is 0 Å². The molecule has 0 spiro atoms. The van der Waals surface area contributed by atoms with Gasteiger partial charge < -0.3 is 4.90 Å². The highest BCUT2D eigenvalue weighted by Gasteiger charge is 2.34. The number of aryl methyl sites for hydroxylation is 1. The predicted molar refractivity (Wildman–Crippen MR) is 122 cm³/mol. The van der Waals surface area contributed by atoms with E-state index < -0.39 is 10.8 Å². The van der Waals surface area contributed by atoms with E-state index >= 15 is 0 Å². The molecule has 1 fully saturated rings. The zero-order chi connectivity index (χ0) is 22.7. The van der Waals surface area contributed by atoms with Crippen LogP contribution in [0, 0.1) is 17.0 Å². The molecule has 2 aromatic carbocycles. The number of carbonyl (C=O) groups excluding carboxylic acids is 2. The van der Waals surface area contributed by atoms with Gasteiger partial charge in [0.2, 0.25) is 16.9 Å². The van der Waals surface area contributed by atoms with Crippen LogP contribution in [0.3, 0.4) is 0 Å². The minimum absolute atomic E-state index is 0.0324. The summed E-state index contributed by atoms with van der Waals surface area (Å²) >= 11 is 1.23. The molecule has 32 heavy (non-hydrogen) atoms. The largest absolute Gasteiger partial charge is 0.311 e. The van der Waals surface area contributed by atoms with Gasteiger partial charge in [-0.05, 0) is 30.2 Å². The summed E-state index contributed by atoms with van der Waals surface area (Å²) < 4.78 is 0. The number of nitro groups is 1. The van der Waals surface area contributed by atoms with Crippen molar-refractivity contribution >= 4 is 45.7 Å². The normalized spacial score (nSPS) is 16.0. The van der Waals surface area contributed by atoms with Gasteiger partial charge in [0.05, 0.1) is 4.92 Å². The molecular formula is C22H19N5O4S. The molecule has 1 aromatic heterocycles. The molecule has 1 N–H and O–H groups in total. The molecule has 3 aromatic rings. The van der Waals surface area contributed by atoms with E-state index in [-0.39, 0.29) is 17.5 Å². The number of hydrogen-bond acceptors (Lipinski definition) is 7. The van der Waals surface area contributed by atoms with E-state index in [0.29, 0.717) is 28.7 Å². The van der Waals surface area contributed by atoms with Gasteiger partial charge in [0.15, 0.2) is 0 Å². The fraction of sp³-hybridized carbons (Fsp3) is 0.182. The van der Waals surface area contributed by atoms with Crippen LogP contribution in [0.5, 0.6) is 0 Å². The van der Waals surface area contributed by atoms with Crippen molar-refractivity contribution in [1.82, 2.24) is 10.2 Å². The number of carbonyl (C=O) groups is 2. The second-order valence-electron chi connectivity index (χ2n) is 7.31. The second kappa shape index (κ2) is 9.06. The molecule has 2 heterocycles. The number of nitro benzene ring substituents is 1. The van der Waals surface area contributed by atoms with Crippen LogP contribution in [0.4, 0.5) is 16.5 Å². The molecule has 1 atom stereocenters. The maximum Gasteiger partial charge on any atom is 0.270 e. The first-order valence-corrected chi connectivity index (χ1v) is 10.7. The lowest BCUT2D eigenvalue weighted by Gasteiger charge is -2.18. The van der Waals surface area contributed by atoms with Crippen molar-refractivity contribution in [2.24, 2.45) is 0 Å². The van der Waals surface area contributed by atoms with Crippen molar-refractivity contribution in [3.8, 4) is 0 Å². The van der Waals surface area contributed by atoms with Gasteiger partial charge in [-0.15, -0.1) is 10.2 Å². The Balaban J connectivity index is 1.39. The Hall–Kier alpha value is -3.92. The fourth-order valence-electron chi connectivity index (χ4n) is 3.48. The molecule has 10 heteroatoms. The van der Waals surface area contributed by atoms with Crippen molar-refractivity contribution in [2.75, 3.05) is 16.8 Å². The van der Waals surface area contributed by atoms with Gasteiger partial charge in [0.25, 0.3) is 5.69 Å². The lowest BCUT2D eigenvalue weighted by Crippen LogP contribution is -2.25. The Bertz CT molecular complexity index is 1220. The molecule has 0 aliphatic carbocycles. The van der Waals surface area contributed by atoms with Crippen LogP contribution in [0.25, 0.3) is 6.08 Å². The number of anilines is 2. The van der Waals surface area contributed by atoms with Crippen LogP contribution in [0.2, 0.25) is 0 Å². The van der Waals surface area contributed by atoms with Crippen molar-refractivity contribution in [1.29, 1.82) is 0 Å². The molecule has 1 aliphatic heterocycles.